The van der Waals surface area contributed by atoms with Crippen LogP contribution in [-0.4, -0.2) is 46.0 Å². The maximum Gasteiger partial charge on any atom is 0.274 e. The lowest BCUT2D eigenvalue weighted by Crippen LogP contribution is -2.20. The second-order valence-electron chi connectivity index (χ2n) is 6.64. The normalized spacial score (nSPS) is 15.1. The van der Waals surface area contributed by atoms with Crippen LogP contribution in [0.4, 0.5) is 11.6 Å². The number of hydrogen-bond acceptors (Lipinski definition) is 7. The quantitative estimate of drug-likeness (QED) is 0.718. The number of carbonyl (C=O) groups excluding carboxylic acids is 1. The van der Waals surface area contributed by atoms with Crippen molar-refractivity contribution in [1.29, 1.82) is 0 Å². The molecule has 1 saturated heterocycles. The number of nitrogens with one attached hydrogen (secondary N) is 2. The molecule has 2 aliphatic heterocycles. The monoisotopic (exact) mass is 378 g/mol. The molecule has 2 aromatic heterocycles. The van der Waals surface area contributed by atoms with Gasteiger partial charge in [0.05, 0.1) is 5.69 Å². The third kappa shape index (κ3) is 3.11. The lowest BCUT2D eigenvalue weighted by atomic mass is 10.1. The number of hydrogen-bond donors (Lipinski definition) is 2. The maximum atomic E-state index is 12.6. The number of nitrogens with zero attached hydrogens (tertiary/aromatic N) is 4. The van der Waals surface area contributed by atoms with E-state index in [1.807, 2.05) is 18.2 Å². The average Bonchev–Trinajstić information content (AvgIpc) is 3.49. The maximum absolute atomic E-state index is 12.6. The molecule has 0 aliphatic carbocycles. The molecule has 9 heteroatoms. The Morgan fingerprint density at radius 1 is 1.07 bits per heavy atom. The van der Waals surface area contributed by atoms with E-state index in [0.717, 1.165) is 37.3 Å². The molecule has 0 spiro atoms. The number of carbonyl (C=O) groups is 1. The van der Waals surface area contributed by atoms with Gasteiger partial charge in [-0.15, -0.1) is 0 Å². The molecular weight excluding hydrogens is 360 g/mol. The number of ether oxygens (including phenoxy) is 2. The minimum absolute atomic E-state index is 0.214. The van der Waals surface area contributed by atoms with E-state index in [1.54, 1.807) is 12.1 Å². The van der Waals surface area contributed by atoms with Crippen LogP contribution >= 0.6 is 0 Å². The predicted molar refractivity (Wildman–Crippen MR) is 102 cm³/mol. The molecule has 2 aliphatic rings. The molecule has 0 atom stereocenters. The Balaban J connectivity index is 1.32. The van der Waals surface area contributed by atoms with Gasteiger partial charge in [-0.2, -0.15) is 5.10 Å². The van der Waals surface area contributed by atoms with Gasteiger partial charge in [0, 0.05) is 24.7 Å². The highest BCUT2D eigenvalue weighted by Gasteiger charge is 2.18. The highest BCUT2D eigenvalue weighted by Crippen LogP contribution is 2.35. The number of aromatic amines is 1. The van der Waals surface area contributed by atoms with Crippen molar-refractivity contribution in [2.75, 3.05) is 30.1 Å². The van der Waals surface area contributed by atoms with E-state index in [9.17, 15) is 4.79 Å². The molecule has 0 bridgehead atoms. The first kappa shape index (κ1) is 16.5. The summed E-state index contributed by atoms with van der Waals surface area (Å²) in [7, 11) is 0. The van der Waals surface area contributed by atoms with Crippen LogP contribution in [0.15, 0.2) is 36.7 Å². The summed E-state index contributed by atoms with van der Waals surface area (Å²) in [6, 6.07) is 9.02. The number of aromatic nitrogens is 4. The first-order valence-corrected chi connectivity index (χ1v) is 9.10. The van der Waals surface area contributed by atoms with Crippen molar-refractivity contribution in [3.63, 3.8) is 0 Å². The molecular formula is C19H18N6O3. The van der Waals surface area contributed by atoms with Crippen LogP contribution in [0, 0.1) is 0 Å². The van der Waals surface area contributed by atoms with E-state index in [1.165, 1.54) is 6.33 Å². The fourth-order valence-electron chi connectivity index (χ4n) is 3.36. The number of rotatable bonds is 4. The van der Waals surface area contributed by atoms with Gasteiger partial charge in [0.1, 0.15) is 23.7 Å². The second-order valence-corrected chi connectivity index (χ2v) is 6.64. The van der Waals surface area contributed by atoms with Crippen molar-refractivity contribution in [2.24, 2.45) is 0 Å². The number of amides is 1. The summed E-state index contributed by atoms with van der Waals surface area (Å²) >= 11 is 0. The van der Waals surface area contributed by atoms with Gasteiger partial charge >= 0.3 is 0 Å². The number of H-pyrrole nitrogens is 1. The molecule has 1 amide bonds. The van der Waals surface area contributed by atoms with Crippen molar-refractivity contribution in [2.45, 2.75) is 12.8 Å². The Morgan fingerprint density at radius 3 is 2.82 bits per heavy atom. The van der Waals surface area contributed by atoms with Crippen molar-refractivity contribution in [1.82, 2.24) is 20.2 Å². The van der Waals surface area contributed by atoms with Crippen LogP contribution in [0.3, 0.4) is 0 Å². The van der Waals surface area contributed by atoms with E-state index in [0.29, 0.717) is 28.7 Å². The third-order valence-corrected chi connectivity index (χ3v) is 4.82. The molecule has 1 fully saturated rings. The van der Waals surface area contributed by atoms with Crippen LogP contribution in [0.2, 0.25) is 0 Å². The second kappa shape index (κ2) is 6.84. The number of anilines is 2. The van der Waals surface area contributed by atoms with Crippen LogP contribution in [0.25, 0.3) is 11.3 Å². The highest BCUT2D eigenvalue weighted by molar-refractivity contribution is 6.03. The fraction of sp³-hybridized carbons (Fsp3) is 0.263. The first-order valence-electron chi connectivity index (χ1n) is 9.10. The third-order valence-electron chi connectivity index (χ3n) is 4.82. The molecule has 0 unspecified atom stereocenters. The largest absolute Gasteiger partial charge is 0.454 e. The van der Waals surface area contributed by atoms with Crippen LogP contribution in [0.1, 0.15) is 23.3 Å². The van der Waals surface area contributed by atoms with Crippen molar-refractivity contribution in [3.05, 3.63) is 42.4 Å². The lowest BCUT2D eigenvalue weighted by Gasteiger charge is -2.16. The molecule has 28 heavy (non-hydrogen) atoms. The Kier molecular flexibility index (Phi) is 4.04. The summed E-state index contributed by atoms with van der Waals surface area (Å²) in [6.07, 6.45) is 3.78. The summed E-state index contributed by atoms with van der Waals surface area (Å²) < 4.78 is 10.7. The Hall–Kier alpha value is -3.62. The van der Waals surface area contributed by atoms with Gasteiger partial charge in [-0.3, -0.25) is 9.89 Å². The molecule has 3 aromatic rings. The van der Waals surface area contributed by atoms with Crippen molar-refractivity contribution in [3.8, 4) is 22.8 Å². The minimum Gasteiger partial charge on any atom is -0.454 e. The van der Waals surface area contributed by atoms with Gasteiger partial charge in [-0.25, -0.2) is 9.97 Å². The van der Waals surface area contributed by atoms with Crippen molar-refractivity contribution >= 4 is 17.5 Å². The predicted octanol–water partition coefficient (Wildman–Crippen LogP) is 2.45. The summed E-state index contributed by atoms with van der Waals surface area (Å²) in [6.45, 7) is 2.17. The Morgan fingerprint density at radius 2 is 1.93 bits per heavy atom. The van der Waals surface area contributed by atoms with Crippen LogP contribution < -0.4 is 19.7 Å². The van der Waals surface area contributed by atoms with Gasteiger partial charge in [0.15, 0.2) is 11.5 Å². The molecule has 5 rings (SSSR count). The summed E-state index contributed by atoms with van der Waals surface area (Å²) in [5, 5.41) is 9.80. The number of fused-ring (bicyclic) bond motifs is 1. The molecule has 9 nitrogen and oxygen atoms in total. The zero-order valence-electron chi connectivity index (χ0n) is 15.0. The van der Waals surface area contributed by atoms with Gasteiger partial charge < -0.3 is 19.7 Å². The average molecular weight is 378 g/mol. The Bertz CT molecular complexity index is 1030. The van der Waals surface area contributed by atoms with E-state index < -0.39 is 0 Å². The molecule has 2 N–H and O–H groups in total. The molecule has 142 valence electrons. The van der Waals surface area contributed by atoms with Gasteiger partial charge in [-0.05, 0) is 37.1 Å². The zero-order valence-corrected chi connectivity index (χ0v) is 15.0. The molecule has 0 saturated carbocycles. The Labute approximate surface area is 160 Å². The van der Waals surface area contributed by atoms with Crippen LogP contribution in [-0.2, 0) is 0 Å². The van der Waals surface area contributed by atoms with Crippen molar-refractivity contribution < 1.29 is 14.3 Å². The van der Waals surface area contributed by atoms with E-state index in [4.69, 9.17) is 9.47 Å². The SMILES string of the molecule is O=C(Nc1cc(N2CCCC2)ncn1)c1cc(-c2ccc3c(c2)OCO3)n[nH]1. The minimum atomic E-state index is -0.314. The summed E-state index contributed by atoms with van der Waals surface area (Å²) in [5.41, 5.74) is 1.82. The first-order chi connectivity index (χ1) is 13.8. The molecule has 1 aromatic carbocycles. The zero-order chi connectivity index (χ0) is 18.9. The molecule has 4 heterocycles. The highest BCUT2D eigenvalue weighted by atomic mass is 16.7. The lowest BCUT2D eigenvalue weighted by molar-refractivity contribution is 0.102. The van der Waals surface area contributed by atoms with E-state index in [2.05, 4.69) is 30.4 Å². The van der Waals surface area contributed by atoms with Gasteiger partial charge in [-0.1, -0.05) is 0 Å². The summed E-state index contributed by atoms with van der Waals surface area (Å²) in [5.74, 6) is 2.34. The van der Waals surface area contributed by atoms with Crippen LogP contribution in [0.5, 0.6) is 11.5 Å². The summed E-state index contributed by atoms with van der Waals surface area (Å²) in [4.78, 5) is 23.2. The van der Waals surface area contributed by atoms with E-state index in [-0.39, 0.29) is 12.7 Å². The standard InChI is InChI=1S/C19H18N6O3/c26-19(22-17-9-18(21-10-20-17)25-5-1-2-6-25)14-8-13(23-24-14)12-3-4-15-16(7-12)28-11-27-15/h3-4,7-10H,1-2,5-6,11H2,(H,23,24)(H,20,21,22,26). The smallest absolute Gasteiger partial charge is 0.274 e. The van der Waals surface area contributed by atoms with Gasteiger partial charge in [0.25, 0.3) is 5.91 Å². The topological polar surface area (TPSA) is 105 Å². The number of benzene rings is 1. The molecule has 0 radical (unpaired) electrons. The van der Waals surface area contributed by atoms with E-state index >= 15 is 0 Å². The fourth-order valence-corrected chi connectivity index (χ4v) is 3.36. The van der Waals surface area contributed by atoms with Gasteiger partial charge in [0.2, 0.25) is 6.79 Å².